The summed E-state index contributed by atoms with van der Waals surface area (Å²) >= 11 is 8.05. The van der Waals surface area contributed by atoms with Crippen molar-refractivity contribution in [2.75, 3.05) is 41.7 Å². The van der Waals surface area contributed by atoms with Crippen molar-refractivity contribution in [3.8, 4) is 21.8 Å². The zero-order chi connectivity index (χ0) is 26.2. The average molecular weight is 565 g/mol. The number of nitrogen functional groups attached to an aromatic ring is 1. The Morgan fingerprint density at radius 2 is 1.89 bits per heavy atom. The average Bonchev–Trinajstić information content (AvgIpc) is 3.32. The van der Waals surface area contributed by atoms with Crippen LogP contribution in [0.4, 0.5) is 25.5 Å². The molecule has 0 spiro atoms. The fourth-order valence-corrected chi connectivity index (χ4v) is 6.31. The van der Waals surface area contributed by atoms with Crippen molar-refractivity contribution in [1.29, 1.82) is 0 Å². The first-order valence-electron chi connectivity index (χ1n) is 10.9. The van der Waals surface area contributed by atoms with Gasteiger partial charge in [-0.2, -0.15) is 0 Å². The second kappa shape index (κ2) is 10.2. The number of rotatable bonds is 6. The number of anilines is 3. The Bertz CT molecular complexity index is 1580. The van der Waals surface area contributed by atoms with E-state index in [1.54, 1.807) is 18.2 Å². The normalized spacial score (nSPS) is 14.1. The van der Waals surface area contributed by atoms with Crippen LogP contribution >= 0.6 is 22.9 Å². The summed E-state index contributed by atoms with van der Waals surface area (Å²) in [5.74, 6) is -1.91. The number of hydrogen-bond donors (Lipinski definition) is 2. The van der Waals surface area contributed by atoms with Gasteiger partial charge in [0.25, 0.3) is 10.0 Å². The summed E-state index contributed by atoms with van der Waals surface area (Å²) in [7, 11) is -4.49. The molecule has 0 saturated carbocycles. The summed E-state index contributed by atoms with van der Waals surface area (Å²) < 4.78 is 61.3. The third-order valence-corrected chi connectivity index (χ3v) is 8.41. The fourth-order valence-electron chi connectivity index (χ4n) is 3.73. The number of nitrogens with two attached hydrogens (primary N) is 1. The Kier molecular flexibility index (Phi) is 6.94. The van der Waals surface area contributed by atoms with Crippen molar-refractivity contribution in [2.24, 2.45) is 0 Å². The largest absolute Gasteiger partial charge is 0.378 e. The van der Waals surface area contributed by atoms with Crippen molar-refractivity contribution in [2.45, 2.75) is 4.90 Å². The molecule has 0 bridgehead atoms. The van der Waals surface area contributed by atoms with Gasteiger partial charge in [0, 0.05) is 24.8 Å². The highest BCUT2D eigenvalue weighted by atomic mass is 35.5. The molecular weight excluding hydrogens is 546 g/mol. The minimum Gasteiger partial charge on any atom is -0.378 e. The molecule has 1 fully saturated rings. The van der Waals surface area contributed by atoms with E-state index in [4.69, 9.17) is 27.1 Å². The summed E-state index contributed by atoms with van der Waals surface area (Å²) in [5, 5.41) is 0.722. The lowest BCUT2D eigenvalue weighted by atomic mass is 10.1. The van der Waals surface area contributed by atoms with Gasteiger partial charge >= 0.3 is 0 Å². The van der Waals surface area contributed by atoms with Gasteiger partial charge in [0.2, 0.25) is 5.95 Å². The molecule has 9 nitrogen and oxygen atoms in total. The molecule has 14 heteroatoms. The van der Waals surface area contributed by atoms with E-state index in [1.807, 2.05) is 0 Å². The molecule has 0 unspecified atom stereocenters. The predicted octanol–water partition coefficient (Wildman–Crippen LogP) is 4.42. The standard InChI is InChI=1S/C23H19ClF2N6O3S2/c24-19-14(2-1-3-16(19)31-37(33,34)18-12-13(25)4-5-15(18)26)20-21(17-6-7-28-22(27)29-17)36-23(30-20)32-8-10-35-11-9-32/h1-7,12,31H,8-11H2,(H2,27,28,29). The zero-order valence-electron chi connectivity index (χ0n) is 19.0. The zero-order valence-corrected chi connectivity index (χ0v) is 21.4. The Hall–Kier alpha value is -3.39. The van der Waals surface area contributed by atoms with E-state index in [0.29, 0.717) is 59.3 Å². The van der Waals surface area contributed by atoms with E-state index in [-0.39, 0.29) is 16.7 Å². The Labute approximate surface area is 220 Å². The van der Waals surface area contributed by atoms with E-state index in [2.05, 4.69) is 19.6 Å². The van der Waals surface area contributed by atoms with Gasteiger partial charge in [-0.25, -0.2) is 32.2 Å². The molecule has 1 saturated heterocycles. The van der Waals surface area contributed by atoms with Gasteiger partial charge in [0.15, 0.2) is 5.13 Å². The van der Waals surface area contributed by atoms with Crippen LogP contribution in [0.5, 0.6) is 0 Å². The highest BCUT2D eigenvalue weighted by Gasteiger charge is 2.26. The molecular formula is C23H19ClF2N6O3S2. The first-order valence-corrected chi connectivity index (χ1v) is 13.6. The summed E-state index contributed by atoms with van der Waals surface area (Å²) in [6, 6.07) is 8.52. The summed E-state index contributed by atoms with van der Waals surface area (Å²) in [5.41, 5.74) is 7.16. The molecule has 0 atom stereocenters. The van der Waals surface area contributed by atoms with Crippen LogP contribution in [0.2, 0.25) is 5.02 Å². The van der Waals surface area contributed by atoms with Gasteiger partial charge in [-0.1, -0.05) is 35.1 Å². The quantitative estimate of drug-likeness (QED) is 0.353. The van der Waals surface area contributed by atoms with Gasteiger partial charge < -0.3 is 15.4 Å². The predicted molar refractivity (Wildman–Crippen MR) is 138 cm³/mol. The van der Waals surface area contributed by atoms with E-state index < -0.39 is 26.6 Å². The van der Waals surface area contributed by atoms with Crippen LogP contribution in [-0.4, -0.2) is 49.7 Å². The van der Waals surface area contributed by atoms with E-state index in [0.717, 1.165) is 12.1 Å². The second-order valence-electron chi connectivity index (χ2n) is 7.92. The van der Waals surface area contributed by atoms with Gasteiger partial charge in [0.05, 0.1) is 40.2 Å². The van der Waals surface area contributed by atoms with Gasteiger partial charge in [-0.15, -0.1) is 0 Å². The molecule has 2 aromatic heterocycles. The number of thiazole rings is 1. The molecule has 37 heavy (non-hydrogen) atoms. The third-order valence-electron chi connectivity index (χ3n) is 5.49. The molecule has 1 aliphatic rings. The maximum absolute atomic E-state index is 14.2. The molecule has 0 radical (unpaired) electrons. The Balaban J connectivity index is 1.59. The molecule has 0 aliphatic carbocycles. The van der Waals surface area contributed by atoms with Crippen molar-refractivity contribution in [3.63, 3.8) is 0 Å². The van der Waals surface area contributed by atoms with Crippen molar-refractivity contribution in [3.05, 3.63) is 65.3 Å². The minimum atomic E-state index is -4.49. The lowest BCUT2D eigenvalue weighted by Crippen LogP contribution is -2.36. The lowest BCUT2D eigenvalue weighted by molar-refractivity contribution is 0.122. The molecule has 1 aliphatic heterocycles. The number of halogens is 3. The first kappa shape index (κ1) is 25.3. The summed E-state index contributed by atoms with van der Waals surface area (Å²) in [6.45, 7) is 2.40. The Morgan fingerprint density at radius 3 is 2.65 bits per heavy atom. The number of benzene rings is 2. The van der Waals surface area contributed by atoms with Gasteiger partial charge in [-0.05, 0) is 30.3 Å². The summed E-state index contributed by atoms with van der Waals surface area (Å²) in [4.78, 5) is 14.9. The monoisotopic (exact) mass is 564 g/mol. The van der Waals surface area contributed by atoms with Crippen LogP contribution in [0.15, 0.2) is 53.6 Å². The molecule has 5 rings (SSSR count). The van der Waals surface area contributed by atoms with Crippen LogP contribution in [0.1, 0.15) is 0 Å². The second-order valence-corrected chi connectivity index (χ2v) is 10.9. The van der Waals surface area contributed by atoms with E-state index in [1.165, 1.54) is 23.6 Å². The van der Waals surface area contributed by atoms with E-state index in [9.17, 15) is 17.2 Å². The summed E-state index contributed by atoms with van der Waals surface area (Å²) in [6.07, 6.45) is 1.52. The highest BCUT2D eigenvalue weighted by Crippen LogP contribution is 2.44. The SMILES string of the molecule is Nc1nccc(-c2sc(N3CCOCC3)nc2-c2cccc(NS(=O)(=O)c3cc(F)ccc3F)c2Cl)n1. The number of nitrogens with zero attached hydrogens (tertiary/aromatic N) is 4. The van der Waals surface area contributed by atoms with Crippen LogP contribution in [0.25, 0.3) is 21.8 Å². The fraction of sp³-hybridized carbons (Fsp3) is 0.174. The highest BCUT2D eigenvalue weighted by molar-refractivity contribution is 7.92. The number of nitrogens with one attached hydrogen (secondary N) is 1. The van der Waals surface area contributed by atoms with Crippen molar-refractivity contribution < 1.29 is 21.9 Å². The van der Waals surface area contributed by atoms with Crippen molar-refractivity contribution in [1.82, 2.24) is 15.0 Å². The molecule has 192 valence electrons. The molecule has 3 heterocycles. The number of aromatic nitrogens is 3. The minimum absolute atomic E-state index is 0.0185. The maximum Gasteiger partial charge on any atom is 0.264 e. The number of ether oxygens (including phenoxy) is 1. The van der Waals surface area contributed by atoms with E-state index >= 15 is 0 Å². The molecule has 3 N–H and O–H groups in total. The van der Waals surface area contributed by atoms with Crippen LogP contribution in [0.3, 0.4) is 0 Å². The van der Waals surface area contributed by atoms with Crippen LogP contribution < -0.4 is 15.4 Å². The topological polar surface area (TPSA) is 123 Å². The molecule has 2 aromatic carbocycles. The maximum atomic E-state index is 14.2. The smallest absolute Gasteiger partial charge is 0.264 e. The van der Waals surface area contributed by atoms with Gasteiger partial charge in [-0.3, -0.25) is 4.72 Å². The molecule has 4 aromatic rings. The lowest BCUT2D eigenvalue weighted by Gasteiger charge is -2.26. The number of morpholine rings is 1. The third kappa shape index (κ3) is 5.21. The molecule has 0 amide bonds. The Morgan fingerprint density at radius 1 is 1.11 bits per heavy atom. The first-order chi connectivity index (χ1) is 17.7. The van der Waals surface area contributed by atoms with Gasteiger partial charge in [0.1, 0.15) is 16.5 Å². The number of sulfonamides is 1. The van der Waals surface area contributed by atoms with Crippen molar-refractivity contribution >= 4 is 49.7 Å². The van der Waals surface area contributed by atoms with Crippen LogP contribution in [0, 0.1) is 11.6 Å². The number of hydrogen-bond acceptors (Lipinski definition) is 9. The van der Waals surface area contributed by atoms with Crippen LogP contribution in [-0.2, 0) is 14.8 Å².